The fourth-order valence-electron chi connectivity index (χ4n) is 3.36. The maximum atomic E-state index is 5.48. The van der Waals surface area contributed by atoms with Gasteiger partial charge >= 0.3 is 0 Å². The van der Waals surface area contributed by atoms with Crippen LogP contribution in [0.25, 0.3) is 11.3 Å². The molecule has 0 N–H and O–H groups in total. The molecule has 3 heterocycles. The second-order valence-electron chi connectivity index (χ2n) is 7.12. The Morgan fingerprint density at radius 3 is 2.63 bits per heavy atom. The standard InChI is InChI=1S/C20H24N4OS2/c1-13(2)18-22-20(27-23-18)24-10-8-14(9-11-24)19-21-16(12-26-19)15-6-4-5-7-17(15)25-3/h4-7,12-14H,8-11H2,1-3H3. The Kier molecular flexibility index (Phi) is 5.41. The van der Waals surface area contributed by atoms with E-state index in [0.29, 0.717) is 11.8 Å². The van der Waals surface area contributed by atoms with Gasteiger partial charge in [-0.15, -0.1) is 11.3 Å². The summed E-state index contributed by atoms with van der Waals surface area (Å²) in [6, 6.07) is 8.08. The summed E-state index contributed by atoms with van der Waals surface area (Å²) in [5.41, 5.74) is 2.08. The average molecular weight is 401 g/mol. The fraction of sp³-hybridized carbons (Fsp3) is 0.450. The average Bonchev–Trinajstić information content (AvgIpc) is 3.38. The van der Waals surface area contributed by atoms with Gasteiger partial charge in [0, 0.05) is 47.4 Å². The number of methoxy groups -OCH3 is 1. The van der Waals surface area contributed by atoms with Crippen LogP contribution in [-0.2, 0) is 0 Å². The van der Waals surface area contributed by atoms with E-state index in [4.69, 9.17) is 14.7 Å². The number of rotatable bonds is 5. The lowest BCUT2D eigenvalue weighted by atomic mass is 9.98. The van der Waals surface area contributed by atoms with Crippen molar-refractivity contribution in [1.82, 2.24) is 14.3 Å². The van der Waals surface area contributed by atoms with Crippen LogP contribution in [0.15, 0.2) is 29.6 Å². The van der Waals surface area contributed by atoms with Crippen molar-refractivity contribution in [2.45, 2.75) is 38.5 Å². The molecule has 27 heavy (non-hydrogen) atoms. The van der Waals surface area contributed by atoms with Crippen LogP contribution < -0.4 is 9.64 Å². The molecule has 0 unspecified atom stereocenters. The lowest BCUT2D eigenvalue weighted by Gasteiger charge is -2.30. The van der Waals surface area contributed by atoms with Crippen molar-refractivity contribution < 1.29 is 4.74 Å². The molecule has 3 aromatic rings. The highest BCUT2D eigenvalue weighted by Gasteiger charge is 2.25. The van der Waals surface area contributed by atoms with Gasteiger partial charge in [0.25, 0.3) is 0 Å². The predicted molar refractivity (Wildman–Crippen MR) is 112 cm³/mol. The molecule has 5 nitrogen and oxygen atoms in total. The number of aromatic nitrogens is 3. The molecule has 7 heteroatoms. The summed E-state index contributed by atoms with van der Waals surface area (Å²) in [4.78, 5) is 12.0. The van der Waals surface area contributed by atoms with Gasteiger partial charge in [0.05, 0.1) is 17.8 Å². The van der Waals surface area contributed by atoms with Crippen LogP contribution in [0.1, 0.15) is 49.4 Å². The molecule has 0 radical (unpaired) electrons. The van der Waals surface area contributed by atoms with Gasteiger partial charge in [-0.1, -0.05) is 26.0 Å². The molecule has 4 rings (SSSR count). The highest BCUT2D eigenvalue weighted by atomic mass is 32.1. The Morgan fingerprint density at radius 2 is 1.93 bits per heavy atom. The Morgan fingerprint density at radius 1 is 1.15 bits per heavy atom. The zero-order chi connectivity index (χ0) is 18.8. The first kappa shape index (κ1) is 18.4. The van der Waals surface area contributed by atoms with Crippen molar-refractivity contribution in [3.05, 3.63) is 40.5 Å². The highest BCUT2D eigenvalue weighted by Crippen LogP contribution is 2.36. The van der Waals surface area contributed by atoms with Gasteiger partial charge in [0.2, 0.25) is 5.13 Å². The Labute approximate surface area is 168 Å². The summed E-state index contributed by atoms with van der Waals surface area (Å²) in [6.45, 7) is 6.31. The number of piperidine rings is 1. The molecular weight excluding hydrogens is 376 g/mol. The number of hydrogen-bond acceptors (Lipinski definition) is 7. The Bertz CT molecular complexity index is 897. The van der Waals surface area contributed by atoms with Crippen LogP contribution >= 0.6 is 22.9 Å². The number of hydrogen-bond donors (Lipinski definition) is 0. The first-order valence-corrected chi connectivity index (χ1v) is 11.0. The molecule has 142 valence electrons. The molecule has 1 aliphatic heterocycles. The van der Waals surface area contributed by atoms with Gasteiger partial charge in [-0.3, -0.25) is 0 Å². The smallest absolute Gasteiger partial charge is 0.205 e. The minimum absolute atomic E-state index is 0.385. The first-order chi connectivity index (χ1) is 13.2. The molecule has 1 fully saturated rings. The van der Waals surface area contributed by atoms with Crippen LogP contribution in [0, 0.1) is 0 Å². The molecule has 2 aromatic heterocycles. The molecule has 0 saturated carbocycles. The SMILES string of the molecule is COc1ccccc1-c1csc(C2CCN(c3nc(C(C)C)ns3)CC2)n1. The van der Waals surface area contributed by atoms with Gasteiger partial charge in [0.15, 0.2) is 0 Å². The summed E-state index contributed by atoms with van der Waals surface area (Å²) in [5.74, 6) is 2.74. The van der Waals surface area contributed by atoms with Crippen molar-refractivity contribution >= 4 is 28.0 Å². The highest BCUT2D eigenvalue weighted by molar-refractivity contribution is 7.10. The van der Waals surface area contributed by atoms with E-state index in [1.54, 1.807) is 18.4 Å². The topological polar surface area (TPSA) is 51.1 Å². The first-order valence-electron chi connectivity index (χ1n) is 9.33. The zero-order valence-corrected chi connectivity index (χ0v) is 17.5. The molecule has 0 bridgehead atoms. The Hall–Kier alpha value is -1.99. The van der Waals surface area contributed by atoms with E-state index in [1.807, 2.05) is 18.2 Å². The summed E-state index contributed by atoms with van der Waals surface area (Å²) in [7, 11) is 1.71. The molecule has 0 atom stereocenters. The fourth-order valence-corrected chi connectivity index (χ4v) is 5.21. The van der Waals surface area contributed by atoms with Crippen LogP contribution in [0.2, 0.25) is 0 Å². The summed E-state index contributed by atoms with van der Waals surface area (Å²) in [6.07, 6.45) is 2.21. The van der Waals surface area contributed by atoms with E-state index in [2.05, 4.69) is 34.6 Å². The van der Waals surface area contributed by atoms with Gasteiger partial charge < -0.3 is 9.64 Å². The third-order valence-corrected chi connectivity index (χ3v) is 6.77. The van der Waals surface area contributed by atoms with E-state index in [1.165, 1.54) is 16.5 Å². The van der Waals surface area contributed by atoms with Gasteiger partial charge in [-0.05, 0) is 25.0 Å². The van der Waals surface area contributed by atoms with E-state index in [9.17, 15) is 0 Å². The molecule has 0 aliphatic carbocycles. The summed E-state index contributed by atoms with van der Waals surface area (Å²) < 4.78 is 9.97. The number of benzene rings is 1. The number of thiazole rings is 1. The molecule has 0 spiro atoms. The lowest BCUT2D eigenvalue weighted by molar-refractivity contribution is 0.416. The maximum absolute atomic E-state index is 5.48. The van der Waals surface area contributed by atoms with Crippen molar-refractivity contribution in [2.24, 2.45) is 0 Å². The number of para-hydroxylation sites is 1. The van der Waals surface area contributed by atoms with Crippen LogP contribution in [0.4, 0.5) is 5.13 Å². The van der Waals surface area contributed by atoms with Crippen LogP contribution in [0.3, 0.4) is 0 Å². The van der Waals surface area contributed by atoms with E-state index in [0.717, 1.165) is 53.9 Å². The van der Waals surface area contributed by atoms with Gasteiger partial charge in [0.1, 0.15) is 11.6 Å². The van der Waals surface area contributed by atoms with Crippen molar-refractivity contribution in [3.8, 4) is 17.0 Å². The van der Waals surface area contributed by atoms with Crippen molar-refractivity contribution in [3.63, 3.8) is 0 Å². The van der Waals surface area contributed by atoms with Crippen LogP contribution in [-0.4, -0.2) is 34.5 Å². The Balaban J connectivity index is 1.43. The summed E-state index contributed by atoms with van der Waals surface area (Å²) >= 11 is 3.29. The molecule has 0 amide bonds. The third kappa shape index (κ3) is 3.84. The van der Waals surface area contributed by atoms with Gasteiger partial charge in [-0.2, -0.15) is 4.37 Å². The second-order valence-corrected chi connectivity index (χ2v) is 8.74. The monoisotopic (exact) mass is 400 g/mol. The molecule has 1 aliphatic rings. The second kappa shape index (κ2) is 7.94. The molecule has 1 aromatic carbocycles. The lowest BCUT2D eigenvalue weighted by Crippen LogP contribution is -2.32. The van der Waals surface area contributed by atoms with E-state index < -0.39 is 0 Å². The van der Waals surface area contributed by atoms with Crippen molar-refractivity contribution in [2.75, 3.05) is 25.1 Å². The number of nitrogens with zero attached hydrogens (tertiary/aromatic N) is 4. The summed E-state index contributed by atoms with van der Waals surface area (Å²) in [5, 5.41) is 4.45. The van der Waals surface area contributed by atoms with Gasteiger partial charge in [-0.25, -0.2) is 9.97 Å². The maximum Gasteiger partial charge on any atom is 0.205 e. The number of anilines is 1. The van der Waals surface area contributed by atoms with E-state index >= 15 is 0 Å². The largest absolute Gasteiger partial charge is 0.496 e. The minimum atomic E-state index is 0.385. The zero-order valence-electron chi connectivity index (χ0n) is 15.9. The quantitative estimate of drug-likeness (QED) is 0.591. The minimum Gasteiger partial charge on any atom is -0.496 e. The molecule has 1 saturated heterocycles. The third-order valence-electron chi connectivity index (χ3n) is 4.97. The molecular formula is C20H24N4OS2. The van der Waals surface area contributed by atoms with E-state index in [-0.39, 0.29) is 0 Å². The van der Waals surface area contributed by atoms with Crippen LogP contribution in [0.5, 0.6) is 5.75 Å². The predicted octanol–water partition coefficient (Wildman–Crippen LogP) is 5.18. The number of ether oxygens (including phenoxy) is 1. The normalized spacial score (nSPS) is 15.5. The van der Waals surface area contributed by atoms with Crippen molar-refractivity contribution in [1.29, 1.82) is 0 Å².